The van der Waals surface area contributed by atoms with Gasteiger partial charge in [-0.1, -0.05) is 6.07 Å². The van der Waals surface area contributed by atoms with E-state index in [0.717, 1.165) is 12.0 Å². The van der Waals surface area contributed by atoms with Crippen molar-refractivity contribution in [2.75, 3.05) is 67.2 Å². The lowest BCUT2D eigenvalue weighted by Gasteiger charge is -2.38. The van der Waals surface area contributed by atoms with E-state index >= 15 is 0 Å². The van der Waals surface area contributed by atoms with Crippen LogP contribution in [0.3, 0.4) is 0 Å². The zero-order valence-corrected chi connectivity index (χ0v) is 25.1. The van der Waals surface area contributed by atoms with Crippen LogP contribution in [-0.4, -0.2) is 88.9 Å². The molecule has 0 spiro atoms. The maximum Gasteiger partial charge on any atom is 0.201 e. The molecule has 1 aliphatic heterocycles. The van der Waals surface area contributed by atoms with Crippen LogP contribution in [0.4, 0.5) is 0 Å². The molecule has 0 radical (unpaired) electrons. The number of nitrogens with zero attached hydrogens (tertiary/aromatic N) is 1. The molecule has 218 valence electrons. The Kier molecular flexibility index (Phi) is 10.0. The lowest BCUT2D eigenvalue weighted by Crippen LogP contribution is -2.50. The summed E-state index contributed by atoms with van der Waals surface area (Å²) < 4.78 is 79.6. The number of likely N-dealkylation sites (N-methyl/N-ethyl adjacent to an activating group) is 1. The summed E-state index contributed by atoms with van der Waals surface area (Å²) in [6.07, 6.45) is 1.01. The van der Waals surface area contributed by atoms with Crippen molar-refractivity contribution < 1.29 is 40.5 Å². The van der Waals surface area contributed by atoms with E-state index in [1.807, 2.05) is 25.2 Å². The van der Waals surface area contributed by atoms with Crippen LogP contribution in [0.5, 0.6) is 28.7 Å². The maximum atomic E-state index is 13.7. The molecule has 1 aliphatic rings. The SMILES string of the molecule is COc1ccc(CCN(C)CCCC2(c3cc(OC)c(OC)cc3OC)S(=O)(=O)CCCS2(=O)=O)cc1OC. The molecule has 12 heteroatoms. The van der Waals surface area contributed by atoms with Crippen LogP contribution >= 0.6 is 0 Å². The van der Waals surface area contributed by atoms with Gasteiger partial charge in [0.15, 0.2) is 42.7 Å². The quantitative estimate of drug-likeness (QED) is 0.347. The van der Waals surface area contributed by atoms with Crippen molar-refractivity contribution >= 4 is 19.7 Å². The molecule has 39 heavy (non-hydrogen) atoms. The summed E-state index contributed by atoms with van der Waals surface area (Å²) in [4.78, 5) is 2.05. The Hall–Kier alpha value is -2.70. The molecule has 0 aliphatic carbocycles. The Morgan fingerprint density at radius 2 is 1.26 bits per heavy atom. The van der Waals surface area contributed by atoms with E-state index in [1.54, 1.807) is 14.2 Å². The molecule has 10 nitrogen and oxygen atoms in total. The number of benzene rings is 2. The summed E-state index contributed by atoms with van der Waals surface area (Å²) in [5, 5.41) is 0. The number of hydrogen-bond donors (Lipinski definition) is 0. The van der Waals surface area contributed by atoms with E-state index in [4.69, 9.17) is 23.7 Å². The molecule has 0 N–H and O–H groups in total. The first kappa shape index (κ1) is 30.8. The summed E-state index contributed by atoms with van der Waals surface area (Å²) in [5.74, 6) is 1.53. The molecular formula is C27H39NO9S2. The van der Waals surface area contributed by atoms with Gasteiger partial charge in [-0.2, -0.15) is 0 Å². The largest absolute Gasteiger partial charge is 0.496 e. The van der Waals surface area contributed by atoms with Gasteiger partial charge in [0.05, 0.1) is 47.1 Å². The van der Waals surface area contributed by atoms with Crippen LogP contribution < -0.4 is 23.7 Å². The third-order valence-electron chi connectivity index (χ3n) is 7.22. The van der Waals surface area contributed by atoms with Crippen molar-refractivity contribution in [3.8, 4) is 28.7 Å². The van der Waals surface area contributed by atoms with Gasteiger partial charge < -0.3 is 28.6 Å². The Bertz CT molecular complexity index is 1320. The van der Waals surface area contributed by atoms with Gasteiger partial charge in [0, 0.05) is 18.2 Å². The fourth-order valence-corrected chi connectivity index (χ4v) is 11.0. The smallest absolute Gasteiger partial charge is 0.201 e. The third-order valence-corrected chi connectivity index (χ3v) is 13.3. The highest BCUT2D eigenvalue weighted by atomic mass is 32.3. The van der Waals surface area contributed by atoms with Crippen LogP contribution in [0.15, 0.2) is 30.3 Å². The van der Waals surface area contributed by atoms with Crippen molar-refractivity contribution in [3.63, 3.8) is 0 Å². The van der Waals surface area contributed by atoms with Gasteiger partial charge in [-0.3, -0.25) is 0 Å². The van der Waals surface area contributed by atoms with Crippen LogP contribution in [0.1, 0.15) is 30.4 Å². The lowest BCUT2D eigenvalue weighted by atomic mass is 10.0. The van der Waals surface area contributed by atoms with E-state index in [1.165, 1.54) is 33.5 Å². The third kappa shape index (κ3) is 6.07. The Morgan fingerprint density at radius 1 is 0.718 bits per heavy atom. The average Bonchev–Trinajstić information content (AvgIpc) is 2.92. The van der Waals surface area contributed by atoms with Crippen LogP contribution in [0, 0.1) is 0 Å². The Balaban J connectivity index is 1.88. The minimum atomic E-state index is -4.10. The molecule has 1 fully saturated rings. The summed E-state index contributed by atoms with van der Waals surface area (Å²) in [6, 6.07) is 8.65. The molecule has 0 amide bonds. The van der Waals surface area contributed by atoms with Crippen molar-refractivity contribution in [2.45, 2.75) is 29.8 Å². The van der Waals surface area contributed by atoms with Gasteiger partial charge in [-0.25, -0.2) is 16.8 Å². The molecule has 2 aromatic rings. The molecule has 2 aromatic carbocycles. The van der Waals surface area contributed by atoms with Crippen molar-refractivity contribution in [3.05, 3.63) is 41.5 Å². The highest BCUT2D eigenvalue weighted by molar-refractivity contribution is 8.10. The number of methoxy groups -OCH3 is 5. The molecule has 1 heterocycles. The zero-order chi connectivity index (χ0) is 28.8. The summed E-state index contributed by atoms with van der Waals surface area (Å²) in [5.41, 5.74) is 1.12. The minimum absolute atomic E-state index is 0.0627. The first-order valence-electron chi connectivity index (χ1n) is 12.6. The lowest BCUT2D eigenvalue weighted by molar-refractivity contribution is 0.323. The van der Waals surface area contributed by atoms with Gasteiger partial charge in [0.25, 0.3) is 0 Å². The molecule has 0 saturated carbocycles. The van der Waals surface area contributed by atoms with E-state index in [-0.39, 0.29) is 41.4 Å². The van der Waals surface area contributed by atoms with Gasteiger partial charge in [0.1, 0.15) is 5.75 Å². The first-order chi connectivity index (χ1) is 18.5. The predicted molar refractivity (Wildman–Crippen MR) is 150 cm³/mol. The average molecular weight is 586 g/mol. The molecule has 0 aromatic heterocycles. The topological polar surface area (TPSA) is 118 Å². The standard InChI is InChI=1S/C27H39NO9S2/c1-28(14-11-20-9-10-22(33-2)24(17-20)35-4)13-7-12-27(38(29,30)15-8-16-39(27,31)32)21-18-25(36-5)26(37-6)19-23(21)34-3/h9-10,17-19H,7-8,11-16H2,1-6H3. The van der Waals surface area contributed by atoms with E-state index in [2.05, 4.69) is 4.90 Å². The number of sulfone groups is 2. The van der Waals surface area contributed by atoms with Crippen LogP contribution in [-0.2, 0) is 30.2 Å². The molecule has 1 saturated heterocycles. The van der Waals surface area contributed by atoms with E-state index in [9.17, 15) is 16.8 Å². The first-order valence-corrected chi connectivity index (χ1v) is 15.9. The fraction of sp³-hybridized carbons (Fsp3) is 0.556. The van der Waals surface area contributed by atoms with Crippen molar-refractivity contribution in [1.82, 2.24) is 4.90 Å². The molecule has 3 rings (SSSR count). The van der Waals surface area contributed by atoms with Crippen molar-refractivity contribution in [1.29, 1.82) is 0 Å². The van der Waals surface area contributed by atoms with Gasteiger partial charge >= 0.3 is 0 Å². The molecule has 0 atom stereocenters. The predicted octanol–water partition coefficient (Wildman–Crippen LogP) is 3.07. The summed E-state index contributed by atoms with van der Waals surface area (Å²) in [7, 11) is 1.14. The second-order valence-electron chi connectivity index (χ2n) is 9.50. The highest BCUT2D eigenvalue weighted by Gasteiger charge is 2.59. The maximum absolute atomic E-state index is 13.7. The Labute approximate surface area is 232 Å². The summed E-state index contributed by atoms with van der Waals surface area (Å²) >= 11 is 0. The number of rotatable bonds is 13. The molecule has 0 bridgehead atoms. The van der Waals surface area contributed by atoms with Gasteiger partial charge in [-0.05, 0) is 63.0 Å². The molecule has 0 unspecified atom stereocenters. The monoisotopic (exact) mass is 585 g/mol. The van der Waals surface area contributed by atoms with E-state index < -0.39 is 23.8 Å². The van der Waals surface area contributed by atoms with Crippen LogP contribution in [0.25, 0.3) is 0 Å². The van der Waals surface area contributed by atoms with Gasteiger partial charge in [0.2, 0.25) is 4.08 Å². The highest BCUT2D eigenvalue weighted by Crippen LogP contribution is 2.51. The van der Waals surface area contributed by atoms with Gasteiger partial charge in [-0.15, -0.1) is 0 Å². The minimum Gasteiger partial charge on any atom is -0.496 e. The van der Waals surface area contributed by atoms with Crippen molar-refractivity contribution in [2.24, 2.45) is 0 Å². The number of ether oxygens (including phenoxy) is 5. The normalized spacial score (nSPS) is 17.4. The van der Waals surface area contributed by atoms with E-state index in [0.29, 0.717) is 36.8 Å². The number of hydrogen-bond acceptors (Lipinski definition) is 10. The van der Waals surface area contributed by atoms with Crippen LogP contribution in [0.2, 0.25) is 0 Å². The fourth-order valence-electron chi connectivity index (χ4n) is 5.12. The molecular weight excluding hydrogens is 546 g/mol. The second kappa shape index (κ2) is 12.6. The Morgan fingerprint density at radius 3 is 1.82 bits per heavy atom. The summed E-state index contributed by atoms with van der Waals surface area (Å²) in [6.45, 7) is 1.18. The second-order valence-corrected chi connectivity index (χ2v) is 14.4. The zero-order valence-electron chi connectivity index (χ0n) is 23.5.